The predicted molar refractivity (Wildman–Crippen MR) is 114 cm³/mol. The summed E-state index contributed by atoms with van der Waals surface area (Å²) in [7, 11) is 0. The second kappa shape index (κ2) is 7.17. The van der Waals surface area contributed by atoms with E-state index in [-0.39, 0.29) is 5.92 Å². The molecule has 1 unspecified atom stereocenters. The molecule has 0 saturated carbocycles. The zero-order chi connectivity index (χ0) is 19.1. The fourth-order valence-electron chi connectivity index (χ4n) is 4.70. The molecule has 1 aliphatic heterocycles. The summed E-state index contributed by atoms with van der Waals surface area (Å²) in [5, 5.41) is 2.04. The van der Waals surface area contributed by atoms with Gasteiger partial charge in [0.15, 0.2) is 0 Å². The minimum atomic E-state index is 0.101. The molecule has 2 aromatic carbocycles. The molecule has 2 heterocycles. The van der Waals surface area contributed by atoms with Gasteiger partial charge in [0.1, 0.15) is 0 Å². The summed E-state index contributed by atoms with van der Waals surface area (Å²) in [6, 6.07) is 16.4. The van der Waals surface area contributed by atoms with Crippen LogP contribution in [-0.4, -0.2) is 42.0 Å². The number of piperazine rings is 1. The summed E-state index contributed by atoms with van der Waals surface area (Å²) in [6.45, 7) is 3.28. The molecule has 5 rings (SSSR count). The van der Waals surface area contributed by atoms with E-state index >= 15 is 0 Å². The molecule has 1 aromatic heterocycles. The number of nitrogens with one attached hydrogen (secondary N) is 1. The maximum Gasteiger partial charge on any atom is 0.226 e. The van der Waals surface area contributed by atoms with Crippen molar-refractivity contribution in [3.63, 3.8) is 0 Å². The van der Waals surface area contributed by atoms with E-state index in [0.29, 0.717) is 5.91 Å². The van der Waals surface area contributed by atoms with Crippen LogP contribution in [0.25, 0.3) is 10.9 Å². The summed E-state index contributed by atoms with van der Waals surface area (Å²) in [4.78, 5) is 21.1. The third-order valence-electron chi connectivity index (χ3n) is 6.21. The molecule has 1 N–H and O–H groups in total. The molecule has 1 atom stereocenters. The molecule has 3 aromatic rings. The highest BCUT2D eigenvalue weighted by Gasteiger charge is 2.31. The number of anilines is 1. The molecule has 28 heavy (non-hydrogen) atoms. The van der Waals surface area contributed by atoms with E-state index in [2.05, 4.69) is 45.1 Å². The highest BCUT2D eigenvalue weighted by atomic mass is 35.5. The van der Waals surface area contributed by atoms with Crippen LogP contribution < -0.4 is 4.90 Å². The lowest BCUT2D eigenvalue weighted by Crippen LogP contribution is -2.51. The van der Waals surface area contributed by atoms with Crippen molar-refractivity contribution in [1.82, 2.24) is 9.88 Å². The van der Waals surface area contributed by atoms with Crippen LogP contribution >= 0.6 is 11.6 Å². The Labute approximate surface area is 170 Å². The number of carbonyl (C=O) groups is 1. The van der Waals surface area contributed by atoms with Gasteiger partial charge in [-0.1, -0.05) is 35.9 Å². The summed E-state index contributed by atoms with van der Waals surface area (Å²) in [5.74, 6) is 0.422. The Kier molecular flexibility index (Phi) is 4.52. The SMILES string of the molecule is O=C(C1CCc2[nH]c3ccccc3c2C1)N1CCN(c2cccc(Cl)c2)CC1. The van der Waals surface area contributed by atoms with Crippen LogP contribution in [0.15, 0.2) is 48.5 Å². The Bertz CT molecular complexity index is 1020. The zero-order valence-corrected chi connectivity index (χ0v) is 16.6. The fraction of sp³-hybridized carbons (Fsp3) is 0.348. The van der Waals surface area contributed by atoms with E-state index in [0.717, 1.165) is 56.2 Å². The number of hydrogen-bond donors (Lipinski definition) is 1. The number of para-hydroxylation sites is 1. The molecule has 1 aliphatic carbocycles. The summed E-state index contributed by atoms with van der Waals surface area (Å²) in [5.41, 5.74) is 4.99. The van der Waals surface area contributed by atoms with E-state index in [1.165, 1.54) is 22.2 Å². The number of halogens is 1. The lowest BCUT2D eigenvalue weighted by atomic mass is 9.85. The lowest BCUT2D eigenvalue weighted by Gasteiger charge is -2.38. The Morgan fingerprint density at radius 3 is 2.68 bits per heavy atom. The van der Waals surface area contributed by atoms with Crippen molar-refractivity contribution in [1.29, 1.82) is 0 Å². The molecule has 1 fully saturated rings. The van der Waals surface area contributed by atoms with Crippen LogP contribution in [0.3, 0.4) is 0 Å². The average molecular weight is 394 g/mol. The van der Waals surface area contributed by atoms with Gasteiger partial charge in [-0.15, -0.1) is 0 Å². The first kappa shape index (κ1) is 17.6. The van der Waals surface area contributed by atoms with Gasteiger partial charge in [0.05, 0.1) is 0 Å². The van der Waals surface area contributed by atoms with Crippen molar-refractivity contribution in [2.45, 2.75) is 19.3 Å². The summed E-state index contributed by atoms with van der Waals surface area (Å²) < 4.78 is 0. The molecule has 0 radical (unpaired) electrons. The molecule has 1 amide bonds. The van der Waals surface area contributed by atoms with Crippen molar-refractivity contribution >= 4 is 34.1 Å². The highest BCUT2D eigenvalue weighted by molar-refractivity contribution is 6.30. The molecular formula is C23H24ClN3O. The maximum absolute atomic E-state index is 13.2. The third-order valence-corrected chi connectivity index (χ3v) is 6.44. The van der Waals surface area contributed by atoms with E-state index in [4.69, 9.17) is 11.6 Å². The Morgan fingerprint density at radius 2 is 1.86 bits per heavy atom. The first-order valence-corrected chi connectivity index (χ1v) is 10.4. The van der Waals surface area contributed by atoms with Crippen LogP contribution in [-0.2, 0) is 17.6 Å². The van der Waals surface area contributed by atoms with E-state index < -0.39 is 0 Å². The van der Waals surface area contributed by atoms with E-state index in [9.17, 15) is 4.79 Å². The maximum atomic E-state index is 13.2. The minimum Gasteiger partial charge on any atom is -0.368 e. The molecule has 0 spiro atoms. The zero-order valence-electron chi connectivity index (χ0n) is 15.8. The molecule has 4 nitrogen and oxygen atoms in total. The molecule has 1 saturated heterocycles. The fourth-order valence-corrected chi connectivity index (χ4v) is 4.88. The number of H-pyrrole nitrogens is 1. The standard InChI is InChI=1S/C23H24ClN3O/c24-17-4-3-5-18(15-17)26-10-12-27(13-11-26)23(28)16-8-9-22-20(14-16)19-6-1-2-7-21(19)25-22/h1-7,15-16,25H,8-14H2. The molecular weight excluding hydrogens is 370 g/mol. The van der Waals surface area contributed by atoms with Gasteiger partial charge in [-0.05, 0) is 49.1 Å². The second-order valence-electron chi connectivity index (χ2n) is 7.86. The average Bonchev–Trinajstić information content (AvgIpc) is 3.11. The smallest absolute Gasteiger partial charge is 0.226 e. The minimum absolute atomic E-state index is 0.101. The number of aromatic nitrogens is 1. The van der Waals surface area contributed by atoms with Gasteiger partial charge < -0.3 is 14.8 Å². The number of amides is 1. The number of aromatic amines is 1. The number of fused-ring (bicyclic) bond motifs is 3. The number of rotatable bonds is 2. The lowest BCUT2D eigenvalue weighted by molar-refractivity contribution is -0.136. The van der Waals surface area contributed by atoms with Gasteiger partial charge in [0.2, 0.25) is 5.91 Å². The van der Waals surface area contributed by atoms with Crippen LogP contribution in [0.5, 0.6) is 0 Å². The molecule has 2 aliphatic rings. The summed E-state index contributed by atoms with van der Waals surface area (Å²) >= 11 is 6.12. The van der Waals surface area contributed by atoms with E-state index in [1.54, 1.807) is 0 Å². The van der Waals surface area contributed by atoms with Gasteiger partial charge in [-0.2, -0.15) is 0 Å². The number of carbonyl (C=O) groups excluding carboxylic acids is 1. The predicted octanol–water partition coefficient (Wildman–Crippen LogP) is 4.28. The van der Waals surface area contributed by atoms with Crippen LogP contribution in [0.1, 0.15) is 17.7 Å². The number of nitrogens with zero attached hydrogens (tertiary/aromatic N) is 2. The van der Waals surface area contributed by atoms with Crippen molar-refractivity contribution in [2.24, 2.45) is 5.92 Å². The van der Waals surface area contributed by atoms with Gasteiger partial charge >= 0.3 is 0 Å². The number of benzene rings is 2. The van der Waals surface area contributed by atoms with Crippen molar-refractivity contribution in [2.75, 3.05) is 31.1 Å². The van der Waals surface area contributed by atoms with Gasteiger partial charge in [-0.3, -0.25) is 4.79 Å². The Balaban J connectivity index is 1.26. The van der Waals surface area contributed by atoms with Gasteiger partial charge in [0.25, 0.3) is 0 Å². The highest BCUT2D eigenvalue weighted by Crippen LogP contribution is 2.33. The van der Waals surface area contributed by atoms with Gasteiger partial charge in [0, 0.05) is 59.4 Å². The van der Waals surface area contributed by atoms with E-state index in [1.807, 2.05) is 18.2 Å². The topological polar surface area (TPSA) is 39.3 Å². The number of hydrogen-bond acceptors (Lipinski definition) is 2. The molecule has 0 bridgehead atoms. The van der Waals surface area contributed by atoms with Crippen LogP contribution in [0, 0.1) is 5.92 Å². The number of aryl methyl sites for hydroxylation is 1. The Morgan fingerprint density at radius 1 is 1.04 bits per heavy atom. The molecule has 5 heteroatoms. The first-order valence-electron chi connectivity index (χ1n) is 10.1. The quantitative estimate of drug-likeness (QED) is 0.706. The van der Waals surface area contributed by atoms with Crippen molar-refractivity contribution in [3.8, 4) is 0 Å². The van der Waals surface area contributed by atoms with Crippen molar-refractivity contribution in [3.05, 3.63) is 64.8 Å². The van der Waals surface area contributed by atoms with Gasteiger partial charge in [-0.25, -0.2) is 0 Å². The summed E-state index contributed by atoms with van der Waals surface area (Å²) in [6.07, 6.45) is 2.75. The monoisotopic (exact) mass is 393 g/mol. The second-order valence-corrected chi connectivity index (χ2v) is 8.30. The van der Waals surface area contributed by atoms with Crippen molar-refractivity contribution < 1.29 is 4.79 Å². The normalized spacial score (nSPS) is 19.7. The van der Waals surface area contributed by atoms with Crippen LogP contribution in [0.2, 0.25) is 5.02 Å². The van der Waals surface area contributed by atoms with Crippen LogP contribution in [0.4, 0.5) is 5.69 Å². The first-order chi connectivity index (χ1) is 13.7. The molecule has 144 valence electrons. The third kappa shape index (κ3) is 3.16. The Hall–Kier alpha value is -2.46. The largest absolute Gasteiger partial charge is 0.368 e.